The number of pyridine rings is 1. The molecule has 4 rings (SSSR count). The Morgan fingerprint density at radius 2 is 1.76 bits per heavy atom. The molecule has 0 saturated carbocycles. The third-order valence-electron chi connectivity index (χ3n) is 4.38. The van der Waals surface area contributed by atoms with E-state index in [-0.39, 0.29) is 12.4 Å². The van der Waals surface area contributed by atoms with Crippen LogP contribution in [0.5, 0.6) is 5.75 Å². The molecule has 2 heterocycles. The van der Waals surface area contributed by atoms with Crippen LogP contribution in [0.3, 0.4) is 0 Å². The average Bonchev–Trinajstić information content (AvgIpc) is 3.06. The number of nitrogens with one attached hydrogen (secondary N) is 1. The lowest BCUT2D eigenvalue weighted by Crippen LogP contribution is -1.89. The zero-order chi connectivity index (χ0) is 17.2. The number of phenols is 1. The average molecular weight is 330 g/mol. The van der Waals surface area contributed by atoms with Gasteiger partial charge in [-0.25, -0.2) is 4.98 Å². The number of nitrogens with zero attached hydrogens (tertiary/aromatic N) is 1. The highest BCUT2D eigenvalue weighted by atomic mass is 16.3. The standard InChI is InChI=1S/C21H18N2O2/c24-9-8-14-4-6-15(7-5-14)20-13-23-21-19(20)11-17(12-22-21)16-2-1-3-18(25)10-16/h1-7,10-13,24-25H,8-9H2,(H,22,23). The Balaban J connectivity index is 1.78. The summed E-state index contributed by atoms with van der Waals surface area (Å²) in [6, 6.07) is 17.5. The summed E-state index contributed by atoms with van der Waals surface area (Å²) < 4.78 is 0. The summed E-state index contributed by atoms with van der Waals surface area (Å²) in [5.74, 6) is 0.242. The van der Waals surface area contributed by atoms with Gasteiger partial charge in [0.2, 0.25) is 0 Å². The smallest absolute Gasteiger partial charge is 0.137 e. The molecule has 3 N–H and O–H groups in total. The maximum atomic E-state index is 9.71. The first-order valence-electron chi connectivity index (χ1n) is 8.21. The van der Waals surface area contributed by atoms with Gasteiger partial charge in [0.25, 0.3) is 0 Å². The molecule has 0 spiro atoms. The second-order valence-corrected chi connectivity index (χ2v) is 6.04. The number of H-pyrrole nitrogens is 1. The summed E-state index contributed by atoms with van der Waals surface area (Å²) in [5, 5.41) is 19.8. The molecule has 25 heavy (non-hydrogen) atoms. The van der Waals surface area contributed by atoms with Crippen LogP contribution >= 0.6 is 0 Å². The second-order valence-electron chi connectivity index (χ2n) is 6.04. The third kappa shape index (κ3) is 2.99. The van der Waals surface area contributed by atoms with Crippen molar-refractivity contribution in [2.75, 3.05) is 6.61 Å². The fourth-order valence-electron chi connectivity index (χ4n) is 3.07. The van der Waals surface area contributed by atoms with Gasteiger partial charge in [-0.3, -0.25) is 0 Å². The fraction of sp³-hybridized carbons (Fsp3) is 0.0952. The molecule has 0 unspecified atom stereocenters. The molecule has 0 aliphatic carbocycles. The molecule has 0 radical (unpaired) electrons. The van der Waals surface area contributed by atoms with E-state index in [1.165, 1.54) is 0 Å². The quantitative estimate of drug-likeness (QED) is 0.527. The molecular weight excluding hydrogens is 312 g/mol. The summed E-state index contributed by atoms with van der Waals surface area (Å²) >= 11 is 0. The van der Waals surface area contributed by atoms with Gasteiger partial charge in [-0.05, 0) is 41.3 Å². The maximum Gasteiger partial charge on any atom is 0.137 e. The lowest BCUT2D eigenvalue weighted by Gasteiger charge is -2.05. The Bertz CT molecular complexity index is 1020. The van der Waals surface area contributed by atoms with Crippen molar-refractivity contribution in [2.24, 2.45) is 0 Å². The minimum atomic E-state index is 0.156. The molecule has 4 aromatic rings. The van der Waals surface area contributed by atoms with Crippen molar-refractivity contribution in [1.29, 1.82) is 0 Å². The molecule has 124 valence electrons. The van der Waals surface area contributed by atoms with Gasteiger partial charge in [0.1, 0.15) is 11.4 Å². The Hall–Kier alpha value is -3.11. The van der Waals surface area contributed by atoms with Crippen molar-refractivity contribution in [1.82, 2.24) is 9.97 Å². The Morgan fingerprint density at radius 1 is 0.920 bits per heavy atom. The van der Waals surface area contributed by atoms with Crippen molar-refractivity contribution < 1.29 is 10.2 Å². The van der Waals surface area contributed by atoms with Crippen LogP contribution < -0.4 is 0 Å². The predicted octanol–water partition coefficient (Wildman–Crippen LogP) is 4.14. The first-order valence-corrected chi connectivity index (χ1v) is 8.21. The Labute approximate surface area is 145 Å². The number of benzene rings is 2. The summed E-state index contributed by atoms with van der Waals surface area (Å²) in [6.07, 6.45) is 4.43. The zero-order valence-electron chi connectivity index (χ0n) is 13.6. The molecule has 4 nitrogen and oxygen atoms in total. The minimum absolute atomic E-state index is 0.156. The van der Waals surface area contributed by atoms with Gasteiger partial charge in [0, 0.05) is 35.5 Å². The van der Waals surface area contributed by atoms with Crippen molar-refractivity contribution >= 4 is 11.0 Å². The number of hydrogen-bond donors (Lipinski definition) is 3. The molecule has 0 atom stereocenters. The van der Waals surface area contributed by atoms with Crippen LogP contribution in [0.1, 0.15) is 5.56 Å². The van der Waals surface area contributed by atoms with Gasteiger partial charge in [-0.2, -0.15) is 0 Å². The largest absolute Gasteiger partial charge is 0.508 e. The van der Waals surface area contributed by atoms with Gasteiger partial charge in [-0.1, -0.05) is 36.4 Å². The first kappa shape index (κ1) is 15.4. The monoisotopic (exact) mass is 330 g/mol. The lowest BCUT2D eigenvalue weighted by atomic mass is 10.0. The van der Waals surface area contributed by atoms with Gasteiger partial charge in [0.15, 0.2) is 0 Å². The van der Waals surface area contributed by atoms with Crippen LogP contribution in [-0.2, 0) is 6.42 Å². The first-order chi connectivity index (χ1) is 12.2. The van der Waals surface area contributed by atoms with E-state index in [0.717, 1.165) is 38.9 Å². The van der Waals surface area contributed by atoms with Gasteiger partial charge in [-0.15, -0.1) is 0 Å². The highest BCUT2D eigenvalue weighted by Crippen LogP contribution is 2.31. The number of fused-ring (bicyclic) bond motifs is 1. The minimum Gasteiger partial charge on any atom is -0.508 e. The summed E-state index contributed by atoms with van der Waals surface area (Å²) in [7, 11) is 0. The zero-order valence-corrected chi connectivity index (χ0v) is 13.6. The second kappa shape index (κ2) is 6.42. The van der Waals surface area contributed by atoms with Crippen LogP contribution in [0.15, 0.2) is 67.0 Å². The van der Waals surface area contributed by atoms with Crippen molar-refractivity contribution in [3.63, 3.8) is 0 Å². The SMILES string of the molecule is OCCc1ccc(-c2c[nH]c3ncc(-c4cccc(O)c4)cc23)cc1. The van der Waals surface area contributed by atoms with Crippen LogP contribution in [0.25, 0.3) is 33.3 Å². The highest BCUT2D eigenvalue weighted by Gasteiger charge is 2.09. The molecule has 2 aromatic carbocycles. The molecule has 0 bridgehead atoms. The van der Waals surface area contributed by atoms with Crippen molar-refractivity contribution in [2.45, 2.75) is 6.42 Å². The van der Waals surface area contributed by atoms with Crippen molar-refractivity contribution in [3.05, 3.63) is 72.6 Å². The Kier molecular flexibility index (Phi) is 3.96. The van der Waals surface area contributed by atoms with E-state index in [2.05, 4.69) is 28.2 Å². The Morgan fingerprint density at radius 3 is 2.52 bits per heavy atom. The van der Waals surface area contributed by atoms with E-state index < -0.39 is 0 Å². The van der Waals surface area contributed by atoms with Gasteiger partial charge >= 0.3 is 0 Å². The summed E-state index contributed by atoms with van der Waals surface area (Å²) in [4.78, 5) is 7.73. The molecule has 0 aliphatic rings. The molecule has 0 saturated heterocycles. The summed E-state index contributed by atoms with van der Waals surface area (Å²) in [5.41, 5.74) is 6.02. The van der Waals surface area contributed by atoms with E-state index >= 15 is 0 Å². The normalized spacial score (nSPS) is 11.1. The van der Waals surface area contributed by atoms with Crippen LogP contribution in [-0.4, -0.2) is 26.8 Å². The number of hydrogen-bond acceptors (Lipinski definition) is 3. The van der Waals surface area contributed by atoms with Crippen molar-refractivity contribution in [3.8, 4) is 28.0 Å². The molecule has 0 amide bonds. The van der Waals surface area contributed by atoms with E-state index in [4.69, 9.17) is 5.11 Å². The highest BCUT2D eigenvalue weighted by molar-refractivity contribution is 5.95. The van der Waals surface area contributed by atoms with E-state index in [9.17, 15) is 5.11 Å². The van der Waals surface area contributed by atoms with E-state index in [1.54, 1.807) is 12.1 Å². The number of aromatic nitrogens is 2. The maximum absolute atomic E-state index is 9.71. The number of aromatic hydroxyl groups is 1. The van der Waals surface area contributed by atoms with Crippen LogP contribution in [0.2, 0.25) is 0 Å². The van der Waals surface area contributed by atoms with E-state index in [0.29, 0.717) is 6.42 Å². The molecule has 2 aromatic heterocycles. The van der Waals surface area contributed by atoms with Crippen LogP contribution in [0.4, 0.5) is 0 Å². The number of aliphatic hydroxyl groups is 1. The van der Waals surface area contributed by atoms with E-state index in [1.807, 2.05) is 36.7 Å². The molecule has 4 heteroatoms. The number of aliphatic hydroxyl groups excluding tert-OH is 1. The molecule has 0 aliphatic heterocycles. The lowest BCUT2D eigenvalue weighted by molar-refractivity contribution is 0.299. The summed E-state index contributed by atoms with van der Waals surface area (Å²) in [6.45, 7) is 0.156. The third-order valence-corrected chi connectivity index (χ3v) is 4.38. The van der Waals surface area contributed by atoms with Crippen LogP contribution in [0, 0.1) is 0 Å². The number of aromatic amines is 1. The topological polar surface area (TPSA) is 69.1 Å². The molecular formula is C21H18N2O2. The predicted molar refractivity (Wildman–Crippen MR) is 99.4 cm³/mol. The van der Waals surface area contributed by atoms with Gasteiger partial charge in [0.05, 0.1) is 0 Å². The molecule has 0 fully saturated rings. The fourth-order valence-corrected chi connectivity index (χ4v) is 3.07. The van der Waals surface area contributed by atoms with Gasteiger partial charge < -0.3 is 15.2 Å². The number of phenolic OH excluding ortho intramolecular Hbond substituents is 1. The number of rotatable bonds is 4.